The first-order valence-corrected chi connectivity index (χ1v) is 8.17. The number of nitrogens with one attached hydrogen (secondary N) is 1. The van der Waals surface area contributed by atoms with Gasteiger partial charge < -0.3 is 10.2 Å². The maximum Gasteiger partial charge on any atom is 0.0107 e. The zero-order chi connectivity index (χ0) is 13.2. The molecular formula is C16H34N2. The number of rotatable bonds is 9. The van der Waals surface area contributed by atoms with E-state index in [1.165, 1.54) is 71.2 Å². The zero-order valence-electron chi connectivity index (χ0n) is 12.9. The van der Waals surface area contributed by atoms with Gasteiger partial charge in [0.25, 0.3) is 0 Å². The van der Waals surface area contributed by atoms with E-state index in [1.54, 1.807) is 0 Å². The van der Waals surface area contributed by atoms with E-state index in [-0.39, 0.29) is 0 Å². The van der Waals surface area contributed by atoms with E-state index in [1.807, 2.05) is 0 Å². The monoisotopic (exact) mass is 254 g/mol. The molecule has 0 unspecified atom stereocenters. The van der Waals surface area contributed by atoms with Crippen LogP contribution in [0, 0.1) is 11.8 Å². The number of unbranched alkanes of at least 4 members (excludes halogenated alkanes) is 3. The van der Waals surface area contributed by atoms with E-state index in [0.717, 1.165) is 11.8 Å². The summed E-state index contributed by atoms with van der Waals surface area (Å²) in [4.78, 5) is 2.64. The summed E-state index contributed by atoms with van der Waals surface area (Å²) in [7, 11) is 0. The Morgan fingerprint density at radius 1 is 1.06 bits per heavy atom. The van der Waals surface area contributed by atoms with E-state index < -0.39 is 0 Å². The van der Waals surface area contributed by atoms with Crippen LogP contribution in [0.2, 0.25) is 0 Å². The van der Waals surface area contributed by atoms with Crippen molar-refractivity contribution in [1.82, 2.24) is 10.2 Å². The van der Waals surface area contributed by atoms with E-state index in [9.17, 15) is 0 Å². The summed E-state index contributed by atoms with van der Waals surface area (Å²) >= 11 is 0. The molecule has 0 amide bonds. The van der Waals surface area contributed by atoms with Crippen molar-refractivity contribution >= 4 is 0 Å². The molecule has 18 heavy (non-hydrogen) atoms. The molecule has 1 N–H and O–H groups in total. The Morgan fingerprint density at radius 2 is 1.78 bits per heavy atom. The van der Waals surface area contributed by atoms with Crippen LogP contribution in [0.1, 0.15) is 59.3 Å². The first kappa shape index (κ1) is 16.0. The molecule has 0 bridgehead atoms. The average molecular weight is 254 g/mol. The van der Waals surface area contributed by atoms with E-state index in [2.05, 4.69) is 31.0 Å². The minimum Gasteiger partial charge on any atom is -0.315 e. The number of hydrogen-bond donors (Lipinski definition) is 1. The van der Waals surface area contributed by atoms with Crippen molar-refractivity contribution in [1.29, 1.82) is 0 Å². The van der Waals surface area contributed by atoms with Crippen molar-refractivity contribution in [2.24, 2.45) is 11.8 Å². The zero-order valence-corrected chi connectivity index (χ0v) is 12.9. The van der Waals surface area contributed by atoms with Crippen LogP contribution in [0.4, 0.5) is 0 Å². The first-order valence-electron chi connectivity index (χ1n) is 8.17. The predicted molar refractivity (Wildman–Crippen MR) is 81.0 cm³/mol. The molecule has 0 spiro atoms. The van der Waals surface area contributed by atoms with Crippen LogP contribution in [0.15, 0.2) is 0 Å². The molecule has 0 radical (unpaired) electrons. The molecule has 0 aliphatic carbocycles. The van der Waals surface area contributed by atoms with Crippen molar-refractivity contribution in [2.75, 3.05) is 32.7 Å². The highest BCUT2D eigenvalue weighted by Gasteiger charge is 2.20. The van der Waals surface area contributed by atoms with Gasteiger partial charge in [0.05, 0.1) is 0 Å². The minimum atomic E-state index is 0.879. The fourth-order valence-corrected chi connectivity index (χ4v) is 2.88. The highest BCUT2D eigenvalue weighted by molar-refractivity contribution is 4.74. The predicted octanol–water partition coefficient (Wildman–Crippen LogP) is 3.52. The molecule has 1 aliphatic heterocycles. The van der Waals surface area contributed by atoms with Gasteiger partial charge in [0.2, 0.25) is 0 Å². The van der Waals surface area contributed by atoms with Gasteiger partial charge in [-0.15, -0.1) is 0 Å². The first-order chi connectivity index (χ1) is 8.74. The van der Waals surface area contributed by atoms with E-state index in [4.69, 9.17) is 0 Å². The molecule has 0 aromatic carbocycles. The summed E-state index contributed by atoms with van der Waals surface area (Å²) in [6.07, 6.45) is 8.30. The third-order valence-electron chi connectivity index (χ3n) is 4.39. The van der Waals surface area contributed by atoms with Gasteiger partial charge >= 0.3 is 0 Å². The average Bonchev–Trinajstić information content (AvgIpc) is 2.38. The molecule has 0 aromatic heterocycles. The van der Waals surface area contributed by atoms with Crippen molar-refractivity contribution in [2.45, 2.75) is 59.3 Å². The van der Waals surface area contributed by atoms with Gasteiger partial charge in [0.15, 0.2) is 0 Å². The molecule has 0 aromatic rings. The Labute approximate surface area is 115 Å². The molecule has 1 rings (SSSR count). The van der Waals surface area contributed by atoms with Gasteiger partial charge in [-0.05, 0) is 50.7 Å². The topological polar surface area (TPSA) is 15.3 Å². The Morgan fingerprint density at radius 3 is 2.39 bits per heavy atom. The summed E-state index contributed by atoms with van der Waals surface area (Å²) in [5.41, 5.74) is 0. The normalized spacial score (nSPS) is 18.7. The Hall–Kier alpha value is -0.0800. The molecule has 1 fully saturated rings. The van der Waals surface area contributed by atoms with Crippen LogP contribution >= 0.6 is 0 Å². The highest BCUT2D eigenvalue weighted by Crippen LogP contribution is 2.23. The van der Waals surface area contributed by atoms with Crippen LogP contribution in [0.5, 0.6) is 0 Å². The SMILES string of the molecule is CCCCCCNCCN1CCC(C(C)C)CC1. The van der Waals surface area contributed by atoms with Crippen LogP contribution in [-0.4, -0.2) is 37.6 Å². The number of likely N-dealkylation sites (tertiary alicyclic amines) is 1. The second kappa shape index (κ2) is 9.80. The minimum absolute atomic E-state index is 0.879. The summed E-state index contributed by atoms with van der Waals surface area (Å²) in [5.74, 6) is 1.85. The number of hydrogen-bond acceptors (Lipinski definition) is 2. The summed E-state index contributed by atoms with van der Waals surface area (Å²) in [5, 5.41) is 3.58. The molecule has 0 atom stereocenters. The van der Waals surface area contributed by atoms with Crippen molar-refractivity contribution in [3.63, 3.8) is 0 Å². The molecular weight excluding hydrogens is 220 g/mol. The quantitative estimate of drug-likeness (QED) is 0.633. The van der Waals surface area contributed by atoms with Crippen molar-refractivity contribution in [3.05, 3.63) is 0 Å². The molecule has 1 aliphatic rings. The lowest BCUT2D eigenvalue weighted by Gasteiger charge is -2.33. The Balaban J connectivity index is 1.91. The number of piperidine rings is 1. The summed E-state index contributed by atoms with van der Waals surface area (Å²) in [6.45, 7) is 13.3. The molecule has 108 valence electrons. The Bertz CT molecular complexity index is 184. The lowest BCUT2D eigenvalue weighted by atomic mass is 9.87. The second-order valence-electron chi connectivity index (χ2n) is 6.23. The molecule has 2 heteroatoms. The summed E-state index contributed by atoms with van der Waals surface area (Å²) < 4.78 is 0. The Kier molecular flexibility index (Phi) is 8.70. The standard InChI is InChI=1S/C16H34N2/c1-4-5-6-7-10-17-11-14-18-12-8-16(9-13-18)15(2)3/h15-17H,4-14H2,1-3H3. The molecule has 2 nitrogen and oxygen atoms in total. The lowest BCUT2D eigenvalue weighted by molar-refractivity contribution is 0.158. The van der Waals surface area contributed by atoms with Gasteiger partial charge in [0, 0.05) is 13.1 Å². The maximum atomic E-state index is 3.58. The fraction of sp³-hybridized carbons (Fsp3) is 1.00. The van der Waals surface area contributed by atoms with Gasteiger partial charge in [0.1, 0.15) is 0 Å². The van der Waals surface area contributed by atoms with Gasteiger partial charge in [-0.2, -0.15) is 0 Å². The van der Waals surface area contributed by atoms with Crippen LogP contribution in [0.25, 0.3) is 0 Å². The second-order valence-corrected chi connectivity index (χ2v) is 6.23. The highest BCUT2D eigenvalue weighted by atomic mass is 15.1. The van der Waals surface area contributed by atoms with Crippen LogP contribution in [0.3, 0.4) is 0 Å². The largest absolute Gasteiger partial charge is 0.315 e. The van der Waals surface area contributed by atoms with Crippen molar-refractivity contribution < 1.29 is 0 Å². The van der Waals surface area contributed by atoms with Crippen LogP contribution < -0.4 is 5.32 Å². The molecule has 1 heterocycles. The van der Waals surface area contributed by atoms with Gasteiger partial charge in [-0.25, -0.2) is 0 Å². The van der Waals surface area contributed by atoms with E-state index >= 15 is 0 Å². The molecule has 0 saturated carbocycles. The smallest absolute Gasteiger partial charge is 0.0107 e. The van der Waals surface area contributed by atoms with E-state index in [0.29, 0.717) is 0 Å². The molecule has 1 saturated heterocycles. The van der Waals surface area contributed by atoms with Crippen LogP contribution in [-0.2, 0) is 0 Å². The summed E-state index contributed by atoms with van der Waals surface area (Å²) in [6, 6.07) is 0. The van der Waals surface area contributed by atoms with Gasteiger partial charge in [-0.1, -0.05) is 40.0 Å². The lowest BCUT2D eigenvalue weighted by Crippen LogP contribution is -2.39. The third kappa shape index (κ3) is 6.75. The maximum absolute atomic E-state index is 3.58. The van der Waals surface area contributed by atoms with Gasteiger partial charge in [-0.3, -0.25) is 0 Å². The fourth-order valence-electron chi connectivity index (χ4n) is 2.88. The number of nitrogens with zero attached hydrogens (tertiary/aromatic N) is 1. The third-order valence-corrected chi connectivity index (χ3v) is 4.39. The van der Waals surface area contributed by atoms with Crippen molar-refractivity contribution in [3.8, 4) is 0 Å².